The van der Waals surface area contributed by atoms with E-state index in [0.29, 0.717) is 0 Å². The van der Waals surface area contributed by atoms with E-state index in [1.165, 1.54) is 72.3 Å². The van der Waals surface area contributed by atoms with Crippen molar-refractivity contribution in [3.05, 3.63) is 265 Å². The standard InChI is InChI=1S/C64H44N4/c1-63(55-34-44(41-16-6-3-7-17-41)26-30-51(55)52-32-28-46(36-56(52)63)61-40-65-59-24-14-15-25-60(59)68-61)48-29-33-54-53-31-27-45(42-18-8-4-9-19-42)35-57(53)64(2,58(54)37-48)62-66-38-47(39-67-62)50-23-13-12-22-49(50)43-20-10-5-11-21-43/h3-40H,1-2H3. The van der Waals surface area contributed by atoms with Crippen LogP contribution in [0.2, 0.25) is 0 Å². The second kappa shape index (κ2) is 15.5. The van der Waals surface area contributed by atoms with Gasteiger partial charge in [-0.15, -0.1) is 0 Å². The van der Waals surface area contributed by atoms with Crippen molar-refractivity contribution in [3.8, 4) is 78.0 Å². The van der Waals surface area contributed by atoms with Gasteiger partial charge in [-0.1, -0.05) is 182 Å². The number of nitrogens with zero attached hydrogens (tertiary/aromatic N) is 4. The summed E-state index contributed by atoms with van der Waals surface area (Å²) in [6.45, 7) is 4.73. The highest BCUT2D eigenvalue weighted by Crippen LogP contribution is 2.58. The summed E-state index contributed by atoms with van der Waals surface area (Å²) in [5.41, 5.74) is 22.6. The smallest absolute Gasteiger partial charge is 0.142 e. The largest absolute Gasteiger partial charge is 0.252 e. The molecular weight excluding hydrogens is 825 g/mol. The van der Waals surface area contributed by atoms with Crippen molar-refractivity contribution >= 4 is 11.0 Å². The van der Waals surface area contributed by atoms with Gasteiger partial charge in [-0.05, 0) is 133 Å². The zero-order chi connectivity index (χ0) is 45.4. The first kappa shape index (κ1) is 39.7. The Kier molecular flexibility index (Phi) is 9.06. The van der Waals surface area contributed by atoms with Crippen LogP contribution in [0.25, 0.3) is 89.1 Å². The number of rotatable bonds is 7. The van der Waals surface area contributed by atoms with Crippen LogP contribution in [0.3, 0.4) is 0 Å². The molecule has 320 valence electrons. The summed E-state index contributed by atoms with van der Waals surface area (Å²) in [5, 5.41) is 0. The highest BCUT2D eigenvalue weighted by Gasteiger charge is 2.47. The molecule has 0 bridgehead atoms. The van der Waals surface area contributed by atoms with Gasteiger partial charge < -0.3 is 0 Å². The van der Waals surface area contributed by atoms with Gasteiger partial charge in [-0.2, -0.15) is 0 Å². The molecule has 4 nitrogen and oxygen atoms in total. The Balaban J connectivity index is 1.00. The van der Waals surface area contributed by atoms with Crippen molar-refractivity contribution < 1.29 is 0 Å². The van der Waals surface area contributed by atoms with Crippen LogP contribution in [0.4, 0.5) is 0 Å². The maximum Gasteiger partial charge on any atom is 0.142 e. The average molecular weight is 869 g/mol. The van der Waals surface area contributed by atoms with E-state index < -0.39 is 10.8 Å². The summed E-state index contributed by atoms with van der Waals surface area (Å²) < 4.78 is 0. The normalized spacial score (nSPS) is 16.5. The minimum atomic E-state index is -0.683. The molecule has 0 saturated carbocycles. The Morgan fingerprint density at radius 1 is 0.294 bits per heavy atom. The number of hydrogen-bond donors (Lipinski definition) is 0. The molecule has 2 aliphatic rings. The molecule has 0 radical (unpaired) electrons. The third-order valence-corrected chi connectivity index (χ3v) is 14.8. The zero-order valence-electron chi connectivity index (χ0n) is 37.7. The van der Waals surface area contributed by atoms with Crippen LogP contribution in [0.1, 0.15) is 47.5 Å². The van der Waals surface area contributed by atoms with Gasteiger partial charge in [0.2, 0.25) is 0 Å². The monoisotopic (exact) mass is 868 g/mol. The lowest BCUT2D eigenvalue weighted by atomic mass is 9.71. The molecule has 4 heteroatoms. The lowest BCUT2D eigenvalue weighted by Crippen LogP contribution is -2.27. The number of hydrogen-bond acceptors (Lipinski definition) is 4. The maximum atomic E-state index is 5.35. The molecule has 0 aliphatic heterocycles. The highest BCUT2D eigenvalue weighted by molar-refractivity contribution is 5.91. The SMILES string of the molecule is CC1(c2ccc3c(c2)C(C)(c2ncc(-c4ccccc4-c4ccccc4)cn2)c2cc(-c4ccccc4)ccc2-3)c2cc(-c3ccccc3)ccc2-c2ccc(-c3cnc4ccccc4n3)cc21. The van der Waals surface area contributed by atoms with E-state index in [1.54, 1.807) is 0 Å². The van der Waals surface area contributed by atoms with Crippen LogP contribution in [-0.2, 0) is 10.8 Å². The molecule has 2 aromatic heterocycles. The Morgan fingerprint density at radius 3 is 1.32 bits per heavy atom. The number of aromatic nitrogens is 4. The number of fused-ring (bicyclic) bond motifs is 7. The number of para-hydroxylation sites is 2. The van der Waals surface area contributed by atoms with Gasteiger partial charge in [-0.25, -0.2) is 15.0 Å². The van der Waals surface area contributed by atoms with Crippen LogP contribution in [0.5, 0.6) is 0 Å². The van der Waals surface area contributed by atoms with Crippen molar-refractivity contribution in [1.82, 2.24) is 19.9 Å². The van der Waals surface area contributed by atoms with Gasteiger partial charge in [0.25, 0.3) is 0 Å². The molecule has 9 aromatic carbocycles. The summed E-state index contributed by atoms with van der Waals surface area (Å²) >= 11 is 0. The quantitative estimate of drug-likeness (QED) is 0.160. The zero-order valence-corrected chi connectivity index (χ0v) is 37.7. The van der Waals surface area contributed by atoms with Crippen LogP contribution in [0, 0.1) is 0 Å². The minimum Gasteiger partial charge on any atom is -0.252 e. The summed E-state index contributed by atoms with van der Waals surface area (Å²) in [5.74, 6) is 0.765. The van der Waals surface area contributed by atoms with Crippen molar-refractivity contribution in [2.75, 3.05) is 0 Å². The maximum absolute atomic E-state index is 5.35. The predicted octanol–water partition coefficient (Wildman–Crippen LogP) is 15.4. The number of benzene rings is 9. The lowest BCUT2D eigenvalue weighted by molar-refractivity contribution is 0.645. The minimum absolute atomic E-state index is 0.540. The molecule has 2 heterocycles. The molecule has 2 atom stereocenters. The molecular formula is C64H44N4. The molecule has 0 amide bonds. The first-order valence-corrected chi connectivity index (χ1v) is 23.3. The van der Waals surface area contributed by atoms with Crippen molar-refractivity contribution in [1.29, 1.82) is 0 Å². The molecule has 0 spiro atoms. The van der Waals surface area contributed by atoms with Crippen molar-refractivity contribution in [2.24, 2.45) is 0 Å². The van der Waals surface area contributed by atoms with E-state index in [9.17, 15) is 0 Å². The molecule has 11 aromatic rings. The second-order valence-corrected chi connectivity index (χ2v) is 18.5. The van der Waals surface area contributed by atoms with Crippen LogP contribution in [0.15, 0.2) is 231 Å². The Morgan fingerprint density at radius 2 is 0.735 bits per heavy atom. The van der Waals surface area contributed by atoms with Crippen LogP contribution >= 0.6 is 0 Å². The first-order chi connectivity index (χ1) is 33.4. The van der Waals surface area contributed by atoms with Gasteiger partial charge in [0.05, 0.1) is 28.3 Å². The van der Waals surface area contributed by atoms with Crippen molar-refractivity contribution in [3.63, 3.8) is 0 Å². The fourth-order valence-corrected chi connectivity index (χ4v) is 11.1. The summed E-state index contributed by atoms with van der Waals surface area (Å²) in [4.78, 5) is 20.6. The average Bonchev–Trinajstić information content (AvgIpc) is 3.83. The molecule has 2 unspecified atom stereocenters. The molecule has 0 N–H and O–H groups in total. The van der Waals surface area contributed by atoms with Gasteiger partial charge in [0, 0.05) is 28.9 Å². The van der Waals surface area contributed by atoms with E-state index >= 15 is 0 Å². The summed E-state index contributed by atoms with van der Waals surface area (Å²) in [7, 11) is 0. The first-order valence-electron chi connectivity index (χ1n) is 23.3. The van der Waals surface area contributed by atoms with E-state index in [2.05, 4.69) is 202 Å². The van der Waals surface area contributed by atoms with Gasteiger partial charge in [0.1, 0.15) is 5.82 Å². The van der Waals surface area contributed by atoms with Crippen molar-refractivity contribution in [2.45, 2.75) is 24.7 Å². The second-order valence-electron chi connectivity index (χ2n) is 18.5. The topological polar surface area (TPSA) is 51.6 Å². The summed E-state index contributed by atoms with van der Waals surface area (Å²) in [6.07, 6.45) is 5.94. The lowest BCUT2D eigenvalue weighted by Gasteiger charge is -2.32. The van der Waals surface area contributed by atoms with Gasteiger partial charge >= 0.3 is 0 Å². The van der Waals surface area contributed by atoms with E-state index in [4.69, 9.17) is 19.9 Å². The summed E-state index contributed by atoms with van der Waals surface area (Å²) in [6, 6.07) is 76.5. The third-order valence-electron chi connectivity index (χ3n) is 14.8. The highest BCUT2D eigenvalue weighted by atomic mass is 14.9. The van der Waals surface area contributed by atoms with Crippen LogP contribution in [-0.4, -0.2) is 19.9 Å². The molecule has 13 rings (SSSR count). The Bertz CT molecular complexity index is 3750. The Labute approximate surface area is 396 Å². The third kappa shape index (κ3) is 6.14. The fourth-order valence-electron chi connectivity index (χ4n) is 11.1. The van der Waals surface area contributed by atoms with Gasteiger partial charge in [-0.3, -0.25) is 4.98 Å². The van der Waals surface area contributed by atoms with E-state index in [0.717, 1.165) is 50.4 Å². The van der Waals surface area contributed by atoms with E-state index in [-0.39, 0.29) is 0 Å². The van der Waals surface area contributed by atoms with E-state index in [1.807, 2.05) is 42.9 Å². The molecule has 0 saturated heterocycles. The molecule has 2 aliphatic carbocycles. The Hall–Kier alpha value is -8.60. The molecule has 68 heavy (non-hydrogen) atoms. The van der Waals surface area contributed by atoms with Crippen LogP contribution < -0.4 is 0 Å². The predicted molar refractivity (Wildman–Crippen MR) is 277 cm³/mol. The fraction of sp³-hybridized carbons (Fsp3) is 0.0625. The molecule has 0 fully saturated rings. The van der Waals surface area contributed by atoms with Gasteiger partial charge in [0.15, 0.2) is 0 Å².